The van der Waals surface area contributed by atoms with Gasteiger partial charge in [0.2, 0.25) is 0 Å². The fraction of sp³-hybridized carbons (Fsp3) is 0.650. The van der Waals surface area contributed by atoms with E-state index in [1.54, 1.807) is 11.0 Å². The highest BCUT2D eigenvalue weighted by molar-refractivity contribution is 5.74. The number of carbonyl (C=O) groups is 1. The molecule has 4 fully saturated rings. The number of alkyl halides is 3. The van der Waals surface area contributed by atoms with E-state index in [-0.39, 0.29) is 24.7 Å². The van der Waals surface area contributed by atoms with Gasteiger partial charge in [-0.2, -0.15) is 13.2 Å². The Morgan fingerprint density at radius 2 is 1.89 bits per heavy atom. The van der Waals surface area contributed by atoms with Gasteiger partial charge in [0.25, 0.3) is 0 Å². The first-order chi connectivity index (χ1) is 13.4. The van der Waals surface area contributed by atoms with Crippen molar-refractivity contribution in [1.82, 2.24) is 15.1 Å². The molecule has 2 amide bonds. The first-order valence-electron chi connectivity index (χ1n) is 9.94. The maximum absolute atomic E-state index is 13.3. The van der Waals surface area contributed by atoms with E-state index >= 15 is 0 Å². The molecule has 1 aromatic carbocycles. The van der Waals surface area contributed by atoms with E-state index in [9.17, 15) is 18.0 Å². The van der Waals surface area contributed by atoms with Crippen LogP contribution in [0.4, 0.5) is 18.0 Å². The average Bonchev–Trinajstić information content (AvgIpc) is 2.72. The number of urea groups is 1. The van der Waals surface area contributed by atoms with Crippen molar-refractivity contribution >= 4 is 6.03 Å². The molecular weight excluding hydrogens is 371 g/mol. The molecule has 5 nitrogen and oxygen atoms in total. The van der Waals surface area contributed by atoms with Crippen LogP contribution in [-0.2, 0) is 10.9 Å². The molecule has 1 N–H and O–H groups in total. The Bertz CT molecular complexity index is 704. The summed E-state index contributed by atoms with van der Waals surface area (Å²) >= 11 is 0. The topological polar surface area (TPSA) is 44.8 Å². The van der Waals surface area contributed by atoms with Crippen molar-refractivity contribution in [3.8, 4) is 0 Å². The van der Waals surface area contributed by atoms with Crippen LogP contribution in [0.1, 0.15) is 30.1 Å². The van der Waals surface area contributed by atoms with Crippen LogP contribution in [0.2, 0.25) is 0 Å². The molecule has 2 atom stereocenters. The molecule has 1 aromatic rings. The summed E-state index contributed by atoms with van der Waals surface area (Å²) in [5, 5.41) is 3.01. The quantitative estimate of drug-likeness (QED) is 0.853. The van der Waals surface area contributed by atoms with Crippen molar-refractivity contribution in [3.05, 3.63) is 35.4 Å². The van der Waals surface area contributed by atoms with Gasteiger partial charge in [-0.1, -0.05) is 18.2 Å². The van der Waals surface area contributed by atoms with E-state index in [1.165, 1.54) is 25.0 Å². The Labute approximate surface area is 162 Å². The lowest BCUT2D eigenvalue weighted by Gasteiger charge is -2.45. The maximum atomic E-state index is 13.3. The number of carbonyl (C=O) groups excluding carboxylic acids is 1. The SMILES string of the molecule is O=C(NCC1CN2CCC1CC2)N1CCOC(c2ccccc2C(F)(F)F)C1. The third-order valence-corrected chi connectivity index (χ3v) is 6.27. The van der Waals surface area contributed by atoms with Crippen LogP contribution in [0.5, 0.6) is 0 Å². The normalized spacial score (nSPS) is 30.3. The Kier molecular flexibility index (Phi) is 5.51. The molecule has 4 aliphatic heterocycles. The Balaban J connectivity index is 1.37. The number of halogens is 3. The van der Waals surface area contributed by atoms with E-state index < -0.39 is 17.8 Å². The third-order valence-electron chi connectivity index (χ3n) is 6.27. The molecule has 28 heavy (non-hydrogen) atoms. The number of ether oxygens (including phenoxy) is 1. The highest BCUT2D eigenvalue weighted by atomic mass is 19.4. The minimum absolute atomic E-state index is 0.0879. The molecule has 5 rings (SSSR count). The molecule has 0 spiro atoms. The second-order valence-corrected chi connectivity index (χ2v) is 7.97. The van der Waals surface area contributed by atoms with Gasteiger partial charge < -0.3 is 19.9 Å². The van der Waals surface area contributed by atoms with Crippen LogP contribution in [-0.4, -0.2) is 61.7 Å². The van der Waals surface area contributed by atoms with Gasteiger partial charge in [-0.05, 0) is 49.4 Å². The number of benzene rings is 1. The zero-order valence-corrected chi connectivity index (χ0v) is 15.8. The standard InChI is InChI=1S/C20H26F3N3O2/c21-20(22,23)17-4-2-1-3-16(17)18-13-26(9-10-28-18)19(27)24-11-15-12-25-7-5-14(15)6-8-25/h1-4,14-15,18H,5-13H2,(H,24,27). The van der Waals surface area contributed by atoms with Crippen LogP contribution in [0.25, 0.3) is 0 Å². The molecule has 154 valence electrons. The van der Waals surface area contributed by atoms with Gasteiger partial charge >= 0.3 is 12.2 Å². The van der Waals surface area contributed by atoms with Gasteiger partial charge in [-0.3, -0.25) is 0 Å². The fourth-order valence-electron chi connectivity index (χ4n) is 4.71. The van der Waals surface area contributed by atoms with Gasteiger partial charge in [-0.15, -0.1) is 0 Å². The average molecular weight is 397 g/mol. The predicted molar refractivity (Wildman–Crippen MR) is 97.8 cm³/mol. The van der Waals surface area contributed by atoms with Crippen LogP contribution >= 0.6 is 0 Å². The summed E-state index contributed by atoms with van der Waals surface area (Å²) in [5.41, 5.74) is -0.612. The monoisotopic (exact) mass is 397 g/mol. The van der Waals surface area contributed by atoms with Gasteiger partial charge in [0.1, 0.15) is 6.10 Å². The number of morpholine rings is 1. The summed E-state index contributed by atoms with van der Waals surface area (Å²) in [4.78, 5) is 16.6. The lowest BCUT2D eigenvalue weighted by molar-refractivity contribution is -0.140. The van der Waals surface area contributed by atoms with Crippen molar-refractivity contribution in [2.24, 2.45) is 11.8 Å². The molecule has 2 bridgehead atoms. The summed E-state index contributed by atoms with van der Waals surface area (Å²) in [6.07, 6.45) is -2.84. The Morgan fingerprint density at radius 3 is 2.57 bits per heavy atom. The second kappa shape index (κ2) is 7.91. The third kappa shape index (κ3) is 4.12. The highest BCUT2D eigenvalue weighted by Crippen LogP contribution is 2.36. The number of nitrogens with one attached hydrogen (secondary N) is 1. The summed E-state index contributed by atoms with van der Waals surface area (Å²) < 4.78 is 45.5. The number of rotatable bonds is 3. The molecule has 0 aliphatic carbocycles. The van der Waals surface area contributed by atoms with Crippen molar-refractivity contribution < 1.29 is 22.7 Å². The molecule has 4 heterocycles. The van der Waals surface area contributed by atoms with Crippen molar-refractivity contribution in [2.75, 3.05) is 45.9 Å². The van der Waals surface area contributed by atoms with E-state index in [2.05, 4.69) is 10.2 Å². The van der Waals surface area contributed by atoms with Crippen molar-refractivity contribution in [2.45, 2.75) is 25.1 Å². The van der Waals surface area contributed by atoms with Crippen LogP contribution in [0.3, 0.4) is 0 Å². The Morgan fingerprint density at radius 1 is 1.14 bits per heavy atom. The molecule has 4 aliphatic rings. The van der Waals surface area contributed by atoms with E-state index in [0.29, 0.717) is 24.9 Å². The van der Waals surface area contributed by atoms with Crippen LogP contribution in [0, 0.1) is 11.8 Å². The van der Waals surface area contributed by atoms with Crippen LogP contribution < -0.4 is 5.32 Å². The zero-order chi connectivity index (χ0) is 19.7. The summed E-state index contributed by atoms with van der Waals surface area (Å²) in [6.45, 7) is 4.69. The lowest BCUT2D eigenvalue weighted by Crippen LogP contribution is -2.53. The van der Waals surface area contributed by atoms with Gasteiger partial charge in [0.15, 0.2) is 0 Å². The van der Waals surface area contributed by atoms with Crippen molar-refractivity contribution in [1.29, 1.82) is 0 Å². The number of nitrogens with zero attached hydrogens (tertiary/aromatic N) is 2. The number of amides is 2. The number of piperidine rings is 3. The molecule has 4 saturated heterocycles. The summed E-state index contributed by atoms with van der Waals surface area (Å²) in [5.74, 6) is 1.13. The number of hydrogen-bond donors (Lipinski definition) is 1. The van der Waals surface area contributed by atoms with E-state index in [4.69, 9.17) is 4.74 Å². The summed E-state index contributed by atoms with van der Waals surface area (Å²) in [6, 6.07) is 5.22. The highest BCUT2D eigenvalue weighted by Gasteiger charge is 2.38. The number of fused-ring (bicyclic) bond motifs is 3. The molecule has 2 unspecified atom stereocenters. The lowest BCUT2D eigenvalue weighted by atomic mass is 9.79. The molecular formula is C20H26F3N3O2. The predicted octanol–water partition coefficient (Wildman–Crippen LogP) is 3.13. The van der Waals surface area contributed by atoms with Gasteiger partial charge in [0, 0.05) is 19.6 Å². The molecule has 0 saturated carbocycles. The maximum Gasteiger partial charge on any atom is 0.416 e. The first kappa shape index (κ1) is 19.5. The van der Waals surface area contributed by atoms with E-state index in [0.717, 1.165) is 25.7 Å². The minimum Gasteiger partial charge on any atom is -0.370 e. The van der Waals surface area contributed by atoms with Crippen LogP contribution in [0.15, 0.2) is 24.3 Å². The van der Waals surface area contributed by atoms with Crippen molar-refractivity contribution in [3.63, 3.8) is 0 Å². The largest absolute Gasteiger partial charge is 0.416 e. The summed E-state index contributed by atoms with van der Waals surface area (Å²) in [7, 11) is 0. The second-order valence-electron chi connectivity index (χ2n) is 7.97. The van der Waals surface area contributed by atoms with E-state index in [1.807, 2.05) is 0 Å². The van der Waals surface area contributed by atoms with Gasteiger partial charge in [-0.25, -0.2) is 4.79 Å². The minimum atomic E-state index is -4.44. The number of hydrogen-bond acceptors (Lipinski definition) is 3. The smallest absolute Gasteiger partial charge is 0.370 e. The van der Waals surface area contributed by atoms with Gasteiger partial charge in [0.05, 0.1) is 18.7 Å². The molecule has 0 aromatic heterocycles. The Hall–Kier alpha value is -1.80. The zero-order valence-electron chi connectivity index (χ0n) is 15.8. The first-order valence-corrected chi connectivity index (χ1v) is 9.94. The molecule has 0 radical (unpaired) electrons. The molecule has 8 heteroatoms. The fourth-order valence-corrected chi connectivity index (χ4v) is 4.71.